The molecule has 1 fully saturated rings. The fourth-order valence-electron chi connectivity index (χ4n) is 3.99. The van der Waals surface area contributed by atoms with E-state index >= 15 is 0 Å². The van der Waals surface area contributed by atoms with Gasteiger partial charge in [-0.05, 0) is 44.0 Å². The topological polar surface area (TPSA) is 79.1 Å². The molecule has 3 heterocycles. The van der Waals surface area contributed by atoms with Gasteiger partial charge < -0.3 is 20.3 Å². The highest BCUT2D eigenvalue weighted by Crippen LogP contribution is 2.30. The van der Waals surface area contributed by atoms with Gasteiger partial charge in [0.1, 0.15) is 11.6 Å². The van der Waals surface area contributed by atoms with Gasteiger partial charge in [-0.25, -0.2) is 0 Å². The highest BCUT2D eigenvalue weighted by atomic mass is 16.5. The molecule has 3 aromatic rings. The molecule has 164 valence electrons. The first-order valence-corrected chi connectivity index (χ1v) is 11.0. The molecule has 2 N–H and O–H groups in total. The molecule has 1 aromatic carbocycles. The molecule has 0 saturated carbocycles. The number of anilines is 1. The summed E-state index contributed by atoms with van der Waals surface area (Å²) in [7, 11) is 1.73. The molecule has 4 rings (SSSR count). The largest absolute Gasteiger partial charge is 0.495 e. The van der Waals surface area contributed by atoms with Crippen LogP contribution in [0.2, 0.25) is 0 Å². The summed E-state index contributed by atoms with van der Waals surface area (Å²) in [4.78, 5) is 7.15. The van der Waals surface area contributed by atoms with Gasteiger partial charge in [-0.2, -0.15) is 0 Å². The van der Waals surface area contributed by atoms with E-state index in [1.54, 1.807) is 7.11 Å². The first kappa shape index (κ1) is 21.0. The van der Waals surface area contributed by atoms with Crippen LogP contribution in [0.1, 0.15) is 25.6 Å². The number of fused-ring (bicyclic) bond motifs is 1. The lowest BCUT2D eigenvalue weighted by molar-refractivity contribution is 0.415. The number of aryl methyl sites for hydroxylation is 1. The van der Waals surface area contributed by atoms with Crippen LogP contribution in [0.25, 0.3) is 5.65 Å². The van der Waals surface area contributed by atoms with Crippen LogP contribution in [0.4, 0.5) is 5.69 Å². The molecule has 1 aliphatic heterocycles. The summed E-state index contributed by atoms with van der Waals surface area (Å²) in [5.41, 5.74) is 2.04. The van der Waals surface area contributed by atoms with Crippen molar-refractivity contribution in [3.05, 3.63) is 54.5 Å². The number of hydrogen-bond acceptors (Lipinski definition) is 5. The minimum Gasteiger partial charge on any atom is -0.495 e. The van der Waals surface area contributed by atoms with Gasteiger partial charge in [0.25, 0.3) is 0 Å². The Morgan fingerprint density at radius 1 is 1.19 bits per heavy atom. The summed E-state index contributed by atoms with van der Waals surface area (Å²) < 4.78 is 7.57. The van der Waals surface area contributed by atoms with Crippen LogP contribution in [0.3, 0.4) is 0 Å². The number of methoxy groups -OCH3 is 1. The molecule has 0 amide bonds. The summed E-state index contributed by atoms with van der Waals surface area (Å²) >= 11 is 0. The number of guanidine groups is 1. The van der Waals surface area contributed by atoms with Crippen molar-refractivity contribution >= 4 is 17.3 Å². The predicted octanol–water partition coefficient (Wildman–Crippen LogP) is 2.50. The molecule has 0 bridgehead atoms. The third-order valence-electron chi connectivity index (χ3n) is 5.51. The number of aliphatic imine (C=N–C) groups is 1. The highest BCUT2D eigenvalue weighted by Gasteiger charge is 2.25. The van der Waals surface area contributed by atoms with E-state index in [0.717, 1.165) is 74.3 Å². The van der Waals surface area contributed by atoms with E-state index in [9.17, 15) is 0 Å². The van der Waals surface area contributed by atoms with E-state index in [1.807, 2.05) is 40.9 Å². The number of nitrogens with zero attached hydrogens (tertiary/aromatic N) is 5. The van der Waals surface area contributed by atoms with Gasteiger partial charge in [0, 0.05) is 44.8 Å². The van der Waals surface area contributed by atoms with Crippen molar-refractivity contribution < 1.29 is 4.74 Å². The average Bonchev–Trinajstić information content (AvgIpc) is 3.44. The lowest BCUT2D eigenvalue weighted by Crippen LogP contribution is -2.44. The van der Waals surface area contributed by atoms with Crippen LogP contribution in [-0.4, -0.2) is 59.9 Å². The second-order valence-corrected chi connectivity index (χ2v) is 7.66. The number of pyridine rings is 1. The summed E-state index contributed by atoms with van der Waals surface area (Å²) in [6.45, 7) is 5.59. The molecule has 0 aliphatic carbocycles. The number of ether oxygens (including phenoxy) is 1. The van der Waals surface area contributed by atoms with Crippen LogP contribution in [0.15, 0.2) is 53.7 Å². The summed E-state index contributed by atoms with van der Waals surface area (Å²) in [6.07, 6.45) is 4.84. The predicted molar refractivity (Wildman–Crippen MR) is 124 cm³/mol. The van der Waals surface area contributed by atoms with Gasteiger partial charge in [0.2, 0.25) is 0 Å². The van der Waals surface area contributed by atoms with Gasteiger partial charge in [-0.15, -0.1) is 10.2 Å². The zero-order valence-corrected chi connectivity index (χ0v) is 18.3. The molecule has 1 unspecified atom stereocenters. The third kappa shape index (κ3) is 5.07. The molecule has 8 heteroatoms. The molecule has 8 nitrogen and oxygen atoms in total. The normalized spacial score (nSPS) is 16.6. The van der Waals surface area contributed by atoms with Crippen LogP contribution in [-0.2, 0) is 6.42 Å². The first-order valence-electron chi connectivity index (χ1n) is 11.0. The van der Waals surface area contributed by atoms with Gasteiger partial charge >= 0.3 is 0 Å². The number of rotatable bonds is 8. The molecule has 1 atom stereocenters. The minimum atomic E-state index is 0.350. The van der Waals surface area contributed by atoms with E-state index in [2.05, 4.69) is 44.8 Å². The van der Waals surface area contributed by atoms with Crippen molar-refractivity contribution in [2.24, 2.45) is 4.99 Å². The number of aromatic nitrogens is 3. The van der Waals surface area contributed by atoms with Crippen molar-refractivity contribution in [3.8, 4) is 5.75 Å². The average molecular weight is 422 g/mol. The Morgan fingerprint density at radius 2 is 2.06 bits per heavy atom. The fraction of sp³-hybridized carbons (Fsp3) is 0.435. The van der Waals surface area contributed by atoms with Gasteiger partial charge in [-0.1, -0.05) is 18.2 Å². The van der Waals surface area contributed by atoms with Crippen LogP contribution in [0, 0.1) is 0 Å². The second kappa shape index (κ2) is 10.1. The van der Waals surface area contributed by atoms with Crippen LogP contribution < -0.4 is 20.3 Å². The smallest absolute Gasteiger partial charge is 0.191 e. The Kier molecular flexibility index (Phi) is 6.86. The second-order valence-electron chi connectivity index (χ2n) is 7.66. The molecule has 31 heavy (non-hydrogen) atoms. The zero-order valence-electron chi connectivity index (χ0n) is 18.3. The molecule has 1 saturated heterocycles. The Hall–Kier alpha value is -3.29. The standard InChI is InChI=1S/C23H31N7O/c1-3-24-23(25-14-8-12-22-28-27-21-11-6-7-15-30(21)22)26-18-13-16-29(17-18)19-9-4-5-10-20(19)31-2/h4-7,9-11,15,18H,3,8,12-14,16-17H2,1-2H3,(H2,24,25,26). The number of benzene rings is 1. The van der Waals surface area contributed by atoms with E-state index in [4.69, 9.17) is 9.73 Å². The Balaban J connectivity index is 1.31. The molecule has 0 radical (unpaired) electrons. The summed E-state index contributed by atoms with van der Waals surface area (Å²) in [5.74, 6) is 2.78. The maximum absolute atomic E-state index is 5.53. The van der Waals surface area contributed by atoms with Gasteiger partial charge in [0.15, 0.2) is 11.6 Å². The number of para-hydroxylation sites is 2. The van der Waals surface area contributed by atoms with Crippen molar-refractivity contribution in [3.63, 3.8) is 0 Å². The quantitative estimate of drug-likeness (QED) is 0.331. The van der Waals surface area contributed by atoms with Crippen molar-refractivity contribution in [2.45, 2.75) is 32.2 Å². The SMILES string of the molecule is CCNC(=NCCCc1nnc2ccccn12)NC1CCN(c2ccccc2OC)C1. The lowest BCUT2D eigenvalue weighted by atomic mass is 10.2. The molecular weight excluding hydrogens is 390 g/mol. The maximum Gasteiger partial charge on any atom is 0.191 e. The van der Waals surface area contributed by atoms with Crippen molar-refractivity contribution in [1.82, 2.24) is 25.2 Å². The third-order valence-corrected chi connectivity index (χ3v) is 5.51. The van der Waals surface area contributed by atoms with Gasteiger partial charge in [-0.3, -0.25) is 9.39 Å². The van der Waals surface area contributed by atoms with E-state index in [1.165, 1.54) is 0 Å². The van der Waals surface area contributed by atoms with E-state index < -0.39 is 0 Å². The summed E-state index contributed by atoms with van der Waals surface area (Å²) in [6, 6.07) is 14.5. The van der Waals surface area contributed by atoms with E-state index in [-0.39, 0.29) is 0 Å². The minimum absolute atomic E-state index is 0.350. The maximum atomic E-state index is 5.53. The molecule has 0 spiro atoms. The Morgan fingerprint density at radius 3 is 2.94 bits per heavy atom. The fourth-order valence-corrected chi connectivity index (χ4v) is 3.99. The molecular formula is C23H31N7O. The highest BCUT2D eigenvalue weighted by molar-refractivity contribution is 5.80. The molecule has 2 aromatic heterocycles. The van der Waals surface area contributed by atoms with E-state index in [0.29, 0.717) is 6.04 Å². The number of hydrogen-bond donors (Lipinski definition) is 2. The first-order chi connectivity index (χ1) is 15.3. The van der Waals surface area contributed by atoms with Gasteiger partial charge in [0.05, 0.1) is 12.8 Å². The van der Waals surface area contributed by atoms with Crippen LogP contribution >= 0.6 is 0 Å². The summed E-state index contributed by atoms with van der Waals surface area (Å²) in [5, 5.41) is 15.5. The monoisotopic (exact) mass is 421 g/mol. The lowest BCUT2D eigenvalue weighted by Gasteiger charge is -2.22. The Bertz CT molecular complexity index is 1020. The Labute approximate surface area is 183 Å². The van der Waals surface area contributed by atoms with Crippen molar-refractivity contribution in [2.75, 3.05) is 38.2 Å². The van der Waals surface area contributed by atoms with Crippen molar-refractivity contribution in [1.29, 1.82) is 0 Å². The zero-order chi connectivity index (χ0) is 21.5. The number of nitrogens with one attached hydrogen (secondary N) is 2. The molecule has 1 aliphatic rings. The van der Waals surface area contributed by atoms with Crippen LogP contribution in [0.5, 0.6) is 5.75 Å².